The standard InChI is InChI=1S/C21H22Cl2FNO3.C21H24ClFN2O3.C15H15ClFN3O.C15H20ClFO2/c1-5-12(10-17(26)28-21(2,3)4)14-7-8-15(22)18(19(14)24)20(27)13-6-9-16(23)25-11-13;1-5-12(10-17(26)28-21(2,3)4)14-7-8-15(22)18(19(14)23)20(27)13-6-9-16(24)25-11-13;1-2-11(18)9-4-5-10(16)13(14(9)17)15(21)8-3-6-12(19)20-7-8;1-5-10(8-14(18)19-15(2,3)4)12-7-6-11(16)9-13(12)17/h6-9,11-12H,5,10H2,1-4H3;6-9,11-12H,5,10H2,1-4H3,(H2,24,25);3-7,11H,2,18H2,1H3,(H2,19,20);6-7,9-10H,5,8H2,1-4H3/t2*12-;11-;10-/m0010/s1. The van der Waals surface area contributed by atoms with Crippen LogP contribution in [0.1, 0.15) is 229 Å². The third kappa shape index (κ3) is 24.2. The minimum atomic E-state index is -0.733. The van der Waals surface area contributed by atoms with Gasteiger partial charge in [0.15, 0.2) is 17.3 Å². The number of esters is 3. The van der Waals surface area contributed by atoms with E-state index in [0.29, 0.717) is 36.3 Å². The molecule has 0 aliphatic heterocycles. The molecule has 7 aromatic rings. The monoisotopic (exact) mass is 1420 g/mol. The highest BCUT2D eigenvalue weighted by atomic mass is 35.5. The Kier molecular flexibility index (Phi) is 30.5. The van der Waals surface area contributed by atoms with Crippen LogP contribution in [0.3, 0.4) is 0 Å². The Balaban J connectivity index is 0.000000276. The Morgan fingerprint density at radius 1 is 0.427 bits per heavy atom. The van der Waals surface area contributed by atoms with Crippen LogP contribution in [0.15, 0.2) is 110 Å². The number of nitrogen functional groups attached to an aromatic ring is 2. The van der Waals surface area contributed by atoms with Gasteiger partial charge in [-0.25, -0.2) is 32.5 Å². The van der Waals surface area contributed by atoms with E-state index in [-0.39, 0.29) is 119 Å². The van der Waals surface area contributed by atoms with E-state index in [1.54, 1.807) is 53.7 Å². The number of halogens is 9. The average Bonchev–Trinajstić information content (AvgIpc) is 0.814. The topological polar surface area (TPSA) is 247 Å². The number of ether oxygens (including phenoxy) is 3. The summed E-state index contributed by atoms with van der Waals surface area (Å²) in [6, 6.07) is 21.8. The van der Waals surface area contributed by atoms with Crippen molar-refractivity contribution in [1.29, 1.82) is 0 Å². The maximum absolute atomic E-state index is 15.3. The van der Waals surface area contributed by atoms with Crippen LogP contribution >= 0.6 is 58.0 Å². The Morgan fingerprint density at radius 2 is 0.740 bits per heavy atom. The SMILES string of the molecule is CC[C@@H](CC(=O)OC(C)(C)C)c1ccc(Cl)c(C(=O)c2ccc(Cl)nc2)c1F.CC[C@@H](CC(=O)OC(C)(C)C)c1ccc(Cl)c(C(=O)c2ccc(N)nc2)c1F.CC[C@@H](CC(=O)OC(C)(C)C)c1ccc(Cl)cc1F.CC[C@@H](N)c1ccc(Cl)c(C(=O)c2ccc(N)nc2)c1F. The Morgan fingerprint density at radius 3 is 1.03 bits per heavy atom. The molecular formula is C72H81Cl5F4N6O9. The predicted octanol–water partition coefficient (Wildman–Crippen LogP) is 18.7. The summed E-state index contributed by atoms with van der Waals surface area (Å²) in [6.07, 6.45) is 6.22. The molecule has 516 valence electrons. The number of nitrogens with two attached hydrogens (primary N) is 3. The van der Waals surface area contributed by atoms with Gasteiger partial charge in [-0.2, -0.15) is 0 Å². The van der Waals surface area contributed by atoms with Crippen LogP contribution in [0.4, 0.5) is 29.2 Å². The van der Waals surface area contributed by atoms with Gasteiger partial charge in [-0.15, -0.1) is 0 Å². The van der Waals surface area contributed by atoms with Gasteiger partial charge in [-0.3, -0.25) is 28.8 Å². The zero-order valence-corrected chi connectivity index (χ0v) is 59.6. The number of carbonyl (C=O) groups is 6. The zero-order valence-electron chi connectivity index (χ0n) is 55.8. The van der Waals surface area contributed by atoms with Crippen molar-refractivity contribution in [2.24, 2.45) is 5.73 Å². The summed E-state index contributed by atoms with van der Waals surface area (Å²) >= 11 is 29.7. The van der Waals surface area contributed by atoms with Crippen LogP contribution in [-0.2, 0) is 28.6 Å². The van der Waals surface area contributed by atoms with Gasteiger partial charge >= 0.3 is 17.9 Å². The second-order valence-electron chi connectivity index (χ2n) is 25.1. The molecule has 4 aromatic carbocycles. The summed E-state index contributed by atoms with van der Waals surface area (Å²) in [6.45, 7) is 23.5. The quantitative estimate of drug-likeness (QED) is 0.0211. The molecule has 7 rings (SSSR count). The smallest absolute Gasteiger partial charge is 0.306 e. The van der Waals surface area contributed by atoms with Crippen LogP contribution in [-0.4, -0.2) is 67.0 Å². The van der Waals surface area contributed by atoms with Crippen LogP contribution in [0, 0.1) is 23.3 Å². The molecule has 3 aromatic heterocycles. The second-order valence-corrected chi connectivity index (χ2v) is 27.2. The number of benzene rings is 4. The van der Waals surface area contributed by atoms with Crippen molar-refractivity contribution in [2.75, 3.05) is 11.5 Å². The largest absolute Gasteiger partial charge is 0.460 e. The van der Waals surface area contributed by atoms with Gasteiger partial charge in [0.05, 0.1) is 51.0 Å². The number of hydrogen-bond donors (Lipinski definition) is 3. The van der Waals surface area contributed by atoms with Gasteiger partial charge in [0.25, 0.3) is 0 Å². The lowest BCUT2D eigenvalue weighted by Crippen LogP contribution is -2.25. The molecule has 0 fully saturated rings. The molecule has 0 saturated heterocycles. The molecule has 0 saturated carbocycles. The van der Waals surface area contributed by atoms with Gasteiger partial charge in [-0.1, -0.05) is 110 Å². The van der Waals surface area contributed by atoms with Gasteiger partial charge in [-0.05, 0) is 189 Å². The lowest BCUT2D eigenvalue weighted by atomic mass is 9.90. The van der Waals surface area contributed by atoms with Crippen molar-refractivity contribution in [3.8, 4) is 0 Å². The molecule has 96 heavy (non-hydrogen) atoms. The lowest BCUT2D eigenvalue weighted by molar-refractivity contribution is -0.156. The third-order valence-electron chi connectivity index (χ3n) is 14.2. The van der Waals surface area contributed by atoms with Gasteiger partial charge in [0.2, 0.25) is 0 Å². The summed E-state index contributed by atoms with van der Waals surface area (Å²) in [4.78, 5) is 85.7. The third-order valence-corrected chi connectivity index (χ3v) is 15.6. The summed E-state index contributed by atoms with van der Waals surface area (Å²) in [7, 11) is 0. The van der Waals surface area contributed by atoms with Crippen LogP contribution < -0.4 is 17.2 Å². The summed E-state index contributed by atoms with van der Waals surface area (Å²) in [5, 5.41) is 0.610. The fourth-order valence-corrected chi connectivity index (χ4v) is 10.5. The first kappa shape index (κ1) is 80.9. The van der Waals surface area contributed by atoms with Crippen molar-refractivity contribution < 1.29 is 60.5 Å². The molecule has 0 aliphatic rings. The highest BCUT2D eigenvalue weighted by Gasteiger charge is 2.31. The number of pyridine rings is 3. The molecule has 4 atom stereocenters. The molecule has 0 amide bonds. The molecule has 24 heteroatoms. The number of rotatable bonds is 20. The molecule has 3 heterocycles. The molecule has 0 spiro atoms. The van der Waals surface area contributed by atoms with Crippen LogP contribution in [0.2, 0.25) is 25.2 Å². The molecule has 6 N–H and O–H groups in total. The highest BCUT2D eigenvalue weighted by molar-refractivity contribution is 6.36. The van der Waals surface area contributed by atoms with Crippen LogP contribution in [0.25, 0.3) is 0 Å². The van der Waals surface area contributed by atoms with Crippen molar-refractivity contribution in [1.82, 2.24) is 15.0 Å². The molecule has 0 unspecified atom stereocenters. The average molecular weight is 1430 g/mol. The molecular weight excluding hydrogens is 1350 g/mol. The maximum Gasteiger partial charge on any atom is 0.306 e. The van der Waals surface area contributed by atoms with E-state index in [4.69, 9.17) is 89.4 Å². The first-order chi connectivity index (χ1) is 44.7. The molecule has 15 nitrogen and oxygen atoms in total. The number of ketones is 3. The molecule has 0 bridgehead atoms. The van der Waals surface area contributed by atoms with Crippen molar-refractivity contribution in [2.45, 2.75) is 176 Å². The summed E-state index contributed by atoms with van der Waals surface area (Å²) in [5.41, 5.74) is 16.2. The summed E-state index contributed by atoms with van der Waals surface area (Å²) < 4.78 is 74.9. The van der Waals surface area contributed by atoms with Crippen LogP contribution in [0.5, 0.6) is 0 Å². The lowest BCUT2D eigenvalue weighted by Gasteiger charge is -2.22. The Labute approximate surface area is 583 Å². The number of nitrogens with zero attached hydrogens (tertiary/aromatic N) is 3. The fourth-order valence-electron chi connectivity index (χ4n) is 9.50. The number of hydrogen-bond acceptors (Lipinski definition) is 15. The summed E-state index contributed by atoms with van der Waals surface area (Å²) in [5.74, 6) is -5.96. The van der Waals surface area contributed by atoms with Crippen molar-refractivity contribution >= 4 is 105 Å². The van der Waals surface area contributed by atoms with E-state index in [0.717, 1.165) is 0 Å². The number of anilines is 2. The Bertz CT molecular complexity index is 3720. The van der Waals surface area contributed by atoms with Gasteiger partial charge in [0.1, 0.15) is 56.9 Å². The minimum Gasteiger partial charge on any atom is -0.460 e. The van der Waals surface area contributed by atoms with E-state index < -0.39 is 81.4 Å². The van der Waals surface area contributed by atoms with E-state index in [1.807, 2.05) is 48.5 Å². The van der Waals surface area contributed by atoms with Crippen molar-refractivity contribution in [3.63, 3.8) is 0 Å². The van der Waals surface area contributed by atoms with Gasteiger partial charge < -0.3 is 31.4 Å². The zero-order chi connectivity index (χ0) is 72.3. The highest BCUT2D eigenvalue weighted by Crippen LogP contribution is 2.36. The maximum atomic E-state index is 15.3. The predicted molar refractivity (Wildman–Crippen MR) is 370 cm³/mol. The second kappa shape index (κ2) is 36.2. The molecule has 0 radical (unpaired) electrons. The Hall–Kier alpha value is -7.52. The van der Waals surface area contributed by atoms with E-state index in [2.05, 4.69) is 15.0 Å². The minimum absolute atomic E-state index is 0.00243. The first-order valence-corrected chi connectivity index (χ1v) is 32.6. The fraction of sp³-hybridized carbons (Fsp3) is 0.375. The number of aromatic nitrogens is 3. The van der Waals surface area contributed by atoms with E-state index >= 15 is 8.78 Å². The first-order valence-electron chi connectivity index (χ1n) is 30.7. The molecule has 0 aliphatic carbocycles. The van der Waals surface area contributed by atoms with E-state index in [1.165, 1.54) is 97.5 Å². The normalized spacial score (nSPS) is 12.6. The van der Waals surface area contributed by atoms with Crippen molar-refractivity contribution in [3.05, 3.63) is 214 Å². The van der Waals surface area contributed by atoms with Gasteiger partial charge in [0, 0.05) is 51.9 Å². The van der Waals surface area contributed by atoms with E-state index in [9.17, 15) is 37.5 Å². The number of carbonyl (C=O) groups excluding carboxylic acids is 6.